The second-order valence-corrected chi connectivity index (χ2v) is 5.73. The summed E-state index contributed by atoms with van der Waals surface area (Å²) >= 11 is 1.55. The number of hydrogen-bond donors (Lipinski definition) is 2. The Labute approximate surface area is 129 Å². The minimum Gasteiger partial charge on any atom is -0.350 e. The van der Waals surface area contributed by atoms with E-state index in [1.807, 2.05) is 34.3 Å². The number of thiazole rings is 1. The molecule has 8 heteroatoms. The fraction of sp³-hybridized carbons (Fsp3) is 0.143. The number of nitrogens with one attached hydrogen (secondary N) is 2. The molecule has 0 aromatic carbocycles. The van der Waals surface area contributed by atoms with Gasteiger partial charge in [-0.15, -0.1) is 11.3 Å². The van der Waals surface area contributed by atoms with Crippen LogP contribution in [0.4, 0.5) is 0 Å². The van der Waals surface area contributed by atoms with Crippen LogP contribution in [0.3, 0.4) is 0 Å². The zero-order valence-corrected chi connectivity index (χ0v) is 12.3. The highest BCUT2D eigenvalue weighted by atomic mass is 32.1. The molecule has 1 amide bonds. The molecule has 4 rings (SSSR count). The van der Waals surface area contributed by atoms with E-state index in [1.165, 1.54) is 0 Å². The standard InChI is InChI=1S/C14H12N6OS/c21-12(6-9-8-20-4-5-22-14(20)17-9)16-7-11-10-2-1-3-15-13(10)19-18-11/h1-5,8H,6-7H2,(H,16,21)(H,15,18,19). The molecule has 0 aliphatic rings. The first kappa shape index (κ1) is 13.0. The fourth-order valence-electron chi connectivity index (χ4n) is 2.31. The van der Waals surface area contributed by atoms with Gasteiger partial charge in [-0.2, -0.15) is 5.10 Å². The first-order chi connectivity index (χ1) is 10.8. The maximum absolute atomic E-state index is 12.0. The van der Waals surface area contributed by atoms with E-state index in [-0.39, 0.29) is 12.3 Å². The molecule has 0 aliphatic heterocycles. The van der Waals surface area contributed by atoms with Crippen LogP contribution in [0.1, 0.15) is 11.4 Å². The van der Waals surface area contributed by atoms with Gasteiger partial charge in [0.25, 0.3) is 0 Å². The van der Waals surface area contributed by atoms with Crippen molar-refractivity contribution in [1.82, 2.24) is 29.9 Å². The van der Waals surface area contributed by atoms with Crippen LogP contribution in [0.15, 0.2) is 36.1 Å². The Hall–Kier alpha value is -2.74. The van der Waals surface area contributed by atoms with Crippen LogP contribution in [0.2, 0.25) is 0 Å². The van der Waals surface area contributed by atoms with Gasteiger partial charge in [0.15, 0.2) is 10.6 Å². The average Bonchev–Trinajstić information content (AvgIpc) is 3.19. The highest BCUT2D eigenvalue weighted by Gasteiger charge is 2.10. The lowest BCUT2D eigenvalue weighted by atomic mass is 10.2. The van der Waals surface area contributed by atoms with E-state index in [0.29, 0.717) is 12.2 Å². The second kappa shape index (κ2) is 5.23. The maximum atomic E-state index is 12.0. The summed E-state index contributed by atoms with van der Waals surface area (Å²) in [4.78, 5) is 21.5. The van der Waals surface area contributed by atoms with Crippen molar-refractivity contribution in [3.63, 3.8) is 0 Å². The molecule has 0 bridgehead atoms. The van der Waals surface area contributed by atoms with E-state index < -0.39 is 0 Å². The van der Waals surface area contributed by atoms with Crippen molar-refractivity contribution >= 4 is 33.2 Å². The van der Waals surface area contributed by atoms with Crippen LogP contribution in [0, 0.1) is 0 Å². The van der Waals surface area contributed by atoms with Crippen molar-refractivity contribution in [3.8, 4) is 0 Å². The summed E-state index contributed by atoms with van der Waals surface area (Å²) in [5, 5.41) is 12.8. The Morgan fingerprint density at radius 1 is 1.45 bits per heavy atom. The van der Waals surface area contributed by atoms with Gasteiger partial charge < -0.3 is 5.32 Å². The maximum Gasteiger partial charge on any atom is 0.226 e. The monoisotopic (exact) mass is 312 g/mol. The number of pyridine rings is 1. The highest BCUT2D eigenvalue weighted by molar-refractivity contribution is 7.15. The van der Waals surface area contributed by atoms with Crippen LogP contribution >= 0.6 is 11.3 Å². The largest absolute Gasteiger partial charge is 0.350 e. The van der Waals surface area contributed by atoms with Gasteiger partial charge in [0.05, 0.1) is 24.4 Å². The lowest BCUT2D eigenvalue weighted by molar-refractivity contribution is -0.120. The third kappa shape index (κ3) is 2.33. The number of imidazole rings is 1. The lowest BCUT2D eigenvalue weighted by Gasteiger charge is -2.02. The van der Waals surface area contributed by atoms with Gasteiger partial charge in [-0.1, -0.05) is 0 Å². The van der Waals surface area contributed by atoms with Gasteiger partial charge in [0.2, 0.25) is 5.91 Å². The molecule has 2 N–H and O–H groups in total. The van der Waals surface area contributed by atoms with Crippen LogP contribution < -0.4 is 5.32 Å². The van der Waals surface area contributed by atoms with Gasteiger partial charge in [-0.05, 0) is 12.1 Å². The number of H-pyrrole nitrogens is 1. The summed E-state index contributed by atoms with van der Waals surface area (Å²) in [6, 6.07) is 3.78. The predicted octanol–water partition coefficient (Wildman–Crippen LogP) is 1.53. The normalized spacial score (nSPS) is 11.3. The number of amides is 1. The van der Waals surface area contributed by atoms with Gasteiger partial charge in [-0.25, -0.2) is 9.97 Å². The molecule has 0 atom stereocenters. The van der Waals surface area contributed by atoms with Crippen molar-refractivity contribution in [1.29, 1.82) is 0 Å². The van der Waals surface area contributed by atoms with E-state index in [1.54, 1.807) is 17.5 Å². The molecule has 0 saturated carbocycles. The molecule has 4 aromatic rings. The van der Waals surface area contributed by atoms with Crippen LogP contribution in [0.5, 0.6) is 0 Å². The molecule has 0 saturated heterocycles. The summed E-state index contributed by atoms with van der Waals surface area (Å²) in [5.41, 5.74) is 2.27. The molecule has 0 spiro atoms. The molecule has 0 fully saturated rings. The average molecular weight is 312 g/mol. The summed E-state index contributed by atoms with van der Waals surface area (Å²) in [5.74, 6) is -0.0719. The molecule has 0 radical (unpaired) electrons. The number of rotatable bonds is 4. The number of aromatic amines is 1. The van der Waals surface area contributed by atoms with Crippen molar-refractivity contribution in [2.24, 2.45) is 0 Å². The predicted molar refractivity (Wildman–Crippen MR) is 82.5 cm³/mol. The Balaban J connectivity index is 1.42. The summed E-state index contributed by atoms with van der Waals surface area (Å²) in [7, 11) is 0. The molecule has 22 heavy (non-hydrogen) atoms. The number of nitrogens with zero attached hydrogens (tertiary/aromatic N) is 4. The van der Waals surface area contributed by atoms with E-state index in [2.05, 4.69) is 25.5 Å². The topological polar surface area (TPSA) is 88.0 Å². The van der Waals surface area contributed by atoms with Gasteiger partial charge in [-0.3, -0.25) is 14.3 Å². The van der Waals surface area contributed by atoms with Crippen molar-refractivity contribution in [3.05, 3.63) is 47.5 Å². The molecular weight excluding hydrogens is 300 g/mol. The van der Waals surface area contributed by atoms with E-state index in [9.17, 15) is 4.79 Å². The van der Waals surface area contributed by atoms with E-state index in [4.69, 9.17) is 0 Å². The smallest absolute Gasteiger partial charge is 0.226 e. The molecule has 4 aromatic heterocycles. The van der Waals surface area contributed by atoms with Crippen LogP contribution in [0.25, 0.3) is 16.0 Å². The number of hydrogen-bond acceptors (Lipinski definition) is 5. The van der Waals surface area contributed by atoms with Gasteiger partial charge in [0, 0.05) is 29.4 Å². The first-order valence-electron chi connectivity index (χ1n) is 6.75. The quantitative estimate of drug-likeness (QED) is 0.598. The summed E-state index contributed by atoms with van der Waals surface area (Å²) in [6.45, 7) is 0.392. The zero-order chi connectivity index (χ0) is 14.9. The second-order valence-electron chi connectivity index (χ2n) is 4.86. The molecular formula is C14H12N6OS. The number of fused-ring (bicyclic) bond motifs is 2. The highest BCUT2D eigenvalue weighted by Crippen LogP contribution is 2.13. The fourth-order valence-corrected chi connectivity index (χ4v) is 3.03. The van der Waals surface area contributed by atoms with Crippen LogP contribution in [-0.4, -0.2) is 30.5 Å². The van der Waals surface area contributed by atoms with Crippen molar-refractivity contribution in [2.45, 2.75) is 13.0 Å². The van der Waals surface area contributed by atoms with Gasteiger partial charge in [0.1, 0.15) is 0 Å². The first-order valence-corrected chi connectivity index (χ1v) is 7.63. The minimum absolute atomic E-state index is 0.0719. The molecule has 0 unspecified atom stereocenters. The molecule has 4 heterocycles. The minimum atomic E-state index is -0.0719. The zero-order valence-electron chi connectivity index (χ0n) is 11.5. The lowest BCUT2D eigenvalue weighted by Crippen LogP contribution is -2.24. The molecule has 0 aliphatic carbocycles. The number of carbonyl (C=O) groups is 1. The van der Waals surface area contributed by atoms with Crippen LogP contribution in [-0.2, 0) is 17.8 Å². The Morgan fingerprint density at radius 2 is 2.41 bits per heavy atom. The van der Waals surface area contributed by atoms with E-state index >= 15 is 0 Å². The molecule has 110 valence electrons. The van der Waals surface area contributed by atoms with Crippen molar-refractivity contribution < 1.29 is 4.79 Å². The Bertz CT molecular complexity index is 924. The van der Waals surface area contributed by atoms with E-state index in [0.717, 1.165) is 21.7 Å². The number of aromatic nitrogens is 5. The third-order valence-corrected chi connectivity index (χ3v) is 4.13. The Morgan fingerprint density at radius 3 is 3.32 bits per heavy atom. The summed E-state index contributed by atoms with van der Waals surface area (Å²) < 4.78 is 1.92. The summed E-state index contributed by atoms with van der Waals surface area (Å²) in [6.07, 6.45) is 5.76. The third-order valence-electron chi connectivity index (χ3n) is 3.36. The molecule has 7 nitrogen and oxygen atoms in total. The SMILES string of the molecule is O=C(Cc1cn2ccsc2n1)NCc1[nH]nc2ncccc12. The van der Waals surface area contributed by atoms with Gasteiger partial charge >= 0.3 is 0 Å². The van der Waals surface area contributed by atoms with Crippen molar-refractivity contribution in [2.75, 3.05) is 0 Å². The Kier molecular flexibility index (Phi) is 3.08. The number of carbonyl (C=O) groups excluding carboxylic acids is 1.